The van der Waals surface area contributed by atoms with E-state index in [1.54, 1.807) is 12.1 Å². The Hall–Kier alpha value is -2.87. The molecule has 0 bridgehead atoms. The van der Waals surface area contributed by atoms with Crippen LogP contribution in [0.2, 0.25) is 0 Å². The summed E-state index contributed by atoms with van der Waals surface area (Å²) in [5.74, 6) is 0. The Morgan fingerprint density at radius 3 is 2.23 bits per heavy atom. The number of hydrogen-bond donors (Lipinski definition) is 3. The van der Waals surface area contributed by atoms with Gasteiger partial charge in [-0.15, -0.1) is 0 Å². The SMILES string of the molecule is Cc1ccc(NS(=O)(=O)c2ccc(S(N)(=O)=O)cc2)c2[nH]cc(C#N)c12. The van der Waals surface area contributed by atoms with Crippen LogP contribution in [0.25, 0.3) is 10.9 Å². The summed E-state index contributed by atoms with van der Waals surface area (Å²) in [5.41, 5.74) is 2.02. The van der Waals surface area contributed by atoms with Crippen LogP contribution in [0, 0.1) is 18.3 Å². The third kappa shape index (κ3) is 3.15. The Labute approximate surface area is 150 Å². The Kier molecular flexibility index (Phi) is 4.23. The molecule has 0 fully saturated rings. The number of anilines is 1. The number of nitrogens with one attached hydrogen (secondary N) is 2. The number of rotatable bonds is 4. The van der Waals surface area contributed by atoms with E-state index in [4.69, 9.17) is 5.14 Å². The summed E-state index contributed by atoms with van der Waals surface area (Å²) in [5, 5.41) is 14.8. The first-order chi connectivity index (χ1) is 12.1. The first-order valence-corrected chi connectivity index (χ1v) is 10.3. The molecule has 0 saturated heterocycles. The number of aromatic amines is 1. The van der Waals surface area contributed by atoms with Crippen molar-refractivity contribution in [2.24, 2.45) is 5.14 Å². The quantitative estimate of drug-likeness (QED) is 0.621. The fraction of sp³-hybridized carbons (Fsp3) is 0.0625. The van der Waals surface area contributed by atoms with Crippen LogP contribution in [0.1, 0.15) is 11.1 Å². The maximum atomic E-state index is 12.6. The standard InChI is InChI=1S/C16H14N4O4S2/c1-10-2-7-14(16-15(10)11(8-17)9-19-16)20-26(23,24)13-5-3-12(4-6-13)25(18,21)22/h2-7,9,19-20H,1H3,(H2,18,21,22). The highest BCUT2D eigenvalue weighted by Gasteiger charge is 2.19. The summed E-state index contributed by atoms with van der Waals surface area (Å²) in [6.07, 6.45) is 1.51. The average molecular weight is 390 g/mol. The second-order valence-corrected chi connectivity index (χ2v) is 8.86. The molecule has 0 spiro atoms. The molecule has 0 saturated carbocycles. The number of sulfonamides is 2. The molecule has 0 aliphatic carbocycles. The molecule has 0 unspecified atom stereocenters. The number of H-pyrrole nitrogens is 1. The molecule has 1 aromatic heterocycles. The Balaban J connectivity index is 2.03. The molecule has 0 aliphatic heterocycles. The fourth-order valence-corrected chi connectivity index (χ4v) is 4.19. The van der Waals surface area contributed by atoms with Crippen LogP contribution in [0.5, 0.6) is 0 Å². The molecule has 8 nitrogen and oxygen atoms in total. The van der Waals surface area contributed by atoms with E-state index in [1.807, 2.05) is 6.92 Å². The maximum absolute atomic E-state index is 12.6. The van der Waals surface area contributed by atoms with E-state index < -0.39 is 20.0 Å². The van der Waals surface area contributed by atoms with Gasteiger partial charge in [-0.3, -0.25) is 4.72 Å². The van der Waals surface area contributed by atoms with Gasteiger partial charge >= 0.3 is 0 Å². The highest BCUT2D eigenvalue weighted by molar-refractivity contribution is 7.92. The smallest absolute Gasteiger partial charge is 0.261 e. The van der Waals surface area contributed by atoms with Crippen molar-refractivity contribution in [3.05, 3.63) is 53.7 Å². The largest absolute Gasteiger partial charge is 0.358 e. The van der Waals surface area contributed by atoms with Crippen molar-refractivity contribution in [2.75, 3.05) is 4.72 Å². The van der Waals surface area contributed by atoms with Gasteiger partial charge in [0.25, 0.3) is 10.0 Å². The van der Waals surface area contributed by atoms with Gasteiger partial charge in [0.1, 0.15) is 6.07 Å². The minimum absolute atomic E-state index is 0.120. The van der Waals surface area contributed by atoms with Crippen molar-refractivity contribution in [2.45, 2.75) is 16.7 Å². The van der Waals surface area contributed by atoms with E-state index in [2.05, 4.69) is 15.8 Å². The first-order valence-electron chi connectivity index (χ1n) is 7.30. The van der Waals surface area contributed by atoms with Gasteiger partial charge < -0.3 is 4.98 Å². The predicted molar refractivity (Wildman–Crippen MR) is 96.4 cm³/mol. The van der Waals surface area contributed by atoms with Crippen molar-refractivity contribution in [1.29, 1.82) is 5.26 Å². The summed E-state index contributed by atoms with van der Waals surface area (Å²) >= 11 is 0. The van der Waals surface area contributed by atoms with Gasteiger partial charge in [0.2, 0.25) is 10.0 Å². The first kappa shape index (κ1) is 17.9. The molecule has 10 heteroatoms. The zero-order valence-electron chi connectivity index (χ0n) is 13.5. The van der Waals surface area contributed by atoms with Gasteiger partial charge in [0.15, 0.2) is 0 Å². The van der Waals surface area contributed by atoms with Gasteiger partial charge in [-0.05, 0) is 42.8 Å². The van der Waals surface area contributed by atoms with E-state index in [9.17, 15) is 22.1 Å². The molecule has 0 aliphatic rings. The molecule has 3 rings (SSSR count). The number of aryl methyl sites for hydroxylation is 1. The van der Waals surface area contributed by atoms with E-state index in [0.29, 0.717) is 16.5 Å². The molecule has 2 aromatic carbocycles. The summed E-state index contributed by atoms with van der Waals surface area (Å²) in [6.45, 7) is 1.82. The topological polar surface area (TPSA) is 146 Å². The fourth-order valence-electron chi connectivity index (χ4n) is 2.61. The predicted octanol–water partition coefficient (Wildman–Crippen LogP) is 1.80. The number of fused-ring (bicyclic) bond motifs is 1. The molecular formula is C16H14N4O4S2. The number of nitrogens with two attached hydrogens (primary N) is 1. The van der Waals surface area contributed by atoms with Crippen LogP contribution in [0.4, 0.5) is 5.69 Å². The van der Waals surface area contributed by atoms with Crippen molar-refractivity contribution >= 4 is 36.6 Å². The Bertz CT molecular complexity index is 1250. The van der Waals surface area contributed by atoms with Gasteiger partial charge in [-0.25, -0.2) is 22.0 Å². The lowest BCUT2D eigenvalue weighted by molar-refractivity contribution is 0.595. The Morgan fingerprint density at radius 2 is 1.65 bits per heavy atom. The molecule has 26 heavy (non-hydrogen) atoms. The lowest BCUT2D eigenvalue weighted by Crippen LogP contribution is -2.15. The summed E-state index contributed by atoms with van der Waals surface area (Å²) in [7, 11) is -7.87. The molecule has 134 valence electrons. The number of nitrogens with zero attached hydrogens (tertiary/aromatic N) is 1. The van der Waals surface area contributed by atoms with Crippen LogP contribution in [0.15, 0.2) is 52.4 Å². The minimum atomic E-state index is -3.97. The van der Waals surface area contributed by atoms with Gasteiger partial charge in [0, 0.05) is 11.6 Å². The normalized spacial score (nSPS) is 12.0. The van der Waals surface area contributed by atoms with E-state index in [-0.39, 0.29) is 15.5 Å². The lowest BCUT2D eigenvalue weighted by Gasteiger charge is -2.10. The minimum Gasteiger partial charge on any atom is -0.358 e. The monoisotopic (exact) mass is 390 g/mol. The number of hydrogen-bond acceptors (Lipinski definition) is 5. The molecule has 0 amide bonds. The lowest BCUT2D eigenvalue weighted by atomic mass is 10.1. The number of benzene rings is 2. The third-order valence-corrected chi connectivity index (χ3v) is 6.18. The summed E-state index contributed by atoms with van der Waals surface area (Å²) < 4.78 is 50.2. The number of nitriles is 1. The molecule has 0 radical (unpaired) electrons. The van der Waals surface area contributed by atoms with E-state index in [1.165, 1.54) is 6.20 Å². The van der Waals surface area contributed by atoms with Crippen molar-refractivity contribution in [3.8, 4) is 6.07 Å². The van der Waals surface area contributed by atoms with Crippen LogP contribution in [-0.2, 0) is 20.0 Å². The van der Waals surface area contributed by atoms with Crippen molar-refractivity contribution < 1.29 is 16.8 Å². The molecule has 3 aromatic rings. The highest BCUT2D eigenvalue weighted by atomic mass is 32.2. The van der Waals surface area contributed by atoms with Crippen LogP contribution < -0.4 is 9.86 Å². The van der Waals surface area contributed by atoms with Gasteiger partial charge in [-0.1, -0.05) is 6.07 Å². The maximum Gasteiger partial charge on any atom is 0.261 e. The molecule has 4 N–H and O–H groups in total. The van der Waals surface area contributed by atoms with Crippen molar-refractivity contribution in [1.82, 2.24) is 4.98 Å². The third-order valence-electron chi connectivity index (χ3n) is 3.87. The second kappa shape index (κ2) is 6.14. The summed E-state index contributed by atoms with van der Waals surface area (Å²) in [4.78, 5) is 2.60. The molecule has 0 atom stereocenters. The van der Waals surface area contributed by atoms with Gasteiger partial charge in [0.05, 0.1) is 26.6 Å². The zero-order valence-corrected chi connectivity index (χ0v) is 15.1. The molecule has 1 heterocycles. The van der Waals surface area contributed by atoms with Crippen LogP contribution in [0.3, 0.4) is 0 Å². The second-order valence-electron chi connectivity index (χ2n) is 5.62. The molecular weight excluding hydrogens is 376 g/mol. The van der Waals surface area contributed by atoms with Crippen LogP contribution in [-0.4, -0.2) is 21.8 Å². The Morgan fingerprint density at radius 1 is 1.04 bits per heavy atom. The van der Waals surface area contributed by atoms with E-state index in [0.717, 1.165) is 29.8 Å². The van der Waals surface area contributed by atoms with Crippen LogP contribution >= 0.6 is 0 Å². The van der Waals surface area contributed by atoms with Crippen molar-refractivity contribution in [3.63, 3.8) is 0 Å². The number of aromatic nitrogens is 1. The number of primary sulfonamides is 1. The highest BCUT2D eigenvalue weighted by Crippen LogP contribution is 2.30. The summed E-state index contributed by atoms with van der Waals surface area (Å²) in [6, 6.07) is 9.91. The van der Waals surface area contributed by atoms with E-state index >= 15 is 0 Å². The van der Waals surface area contributed by atoms with Gasteiger partial charge in [-0.2, -0.15) is 5.26 Å². The zero-order chi connectivity index (χ0) is 19.1. The average Bonchev–Trinajstić information content (AvgIpc) is 3.02.